The van der Waals surface area contributed by atoms with Gasteiger partial charge in [0, 0.05) is 11.6 Å². The summed E-state index contributed by atoms with van der Waals surface area (Å²) in [4.78, 5) is 21.6. The van der Waals surface area contributed by atoms with Gasteiger partial charge < -0.3 is 10.5 Å². The van der Waals surface area contributed by atoms with Crippen LogP contribution in [-0.4, -0.2) is 20.7 Å². The van der Waals surface area contributed by atoms with Gasteiger partial charge in [-0.1, -0.05) is 24.9 Å². The minimum Gasteiger partial charge on any atom is -0.428 e. The van der Waals surface area contributed by atoms with E-state index in [2.05, 4.69) is 5.10 Å². The van der Waals surface area contributed by atoms with Gasteiger partial charge in [0.05, 0.1) is 21.2 Å². The molecular weight excluding hydrogens is 393 g/mol. The van der Waals surface area contributed by atoms with Crippen molar-refractivity contribution in [2.75, 3.05) is 0 Å². The van der Waals surface area contributed by atoms with Gasteiger partial charge in [-0.25, -0.2) is 4.79 Å². The molecule has 12 heteroatoms. The molecule has 1 aromatic carbocycles. The van der Waals surface area contributed by atoms with E-state index in [9.17, 15) is 28.1 Å². The van der Waals surface area contributed by atoms with Crippen LogP contribution in [-0.2, 0) is 12.6 Å². The molecule has 146 valence electrons. The summed E-state index contributed by atoms with van der Waals surface area (Å²) in [6.45, 7) is 3.37. The number of nitro groups is 1. The van der Waals surface area contributed by atoms with Crippen molar-refractivity contribution in [1.29, 1.82) is 0 Å². The molecule has 0 fully saturated rings. The number of aromatic nitrogens is 2. The van der Waals surface area contributed by atoms with Gasteiger partial charge in [0.2, 0.25) is 11.6 Å². The maximum atomic E-state index is 12.9. The van der Waals surface area contributed by atoms with Crippen molar-refractivity contribution in [2.45, 2.75) is 32.9 Å². The zero-order chi connectivity index (χ0) is 20.5. The highest BCUT2D eigenvalue weighted by Gasteiger charge is 2.35. The first kappa shape index (κ1) is 20.5. The summed E-state index contributed by atoms with van der Waals surface area (Å²) in [5.41, 5.74) is 3.72. The van der Waals surface area contributed by atoms with Crippen LogP contribution in [0.4, 0.5) is 23.7 Å². The topological polar surface area (TPSA) is 113 Å². The average Bonchev–Trinajstić information content (AvgIpc) is 2.85. The monoisotopic (exact) mass is 406 g/mol. The molecule has 1 aromatic heterocycles. The Labute approximate surface area is 155 Å². The lowest BCUT2D eigenvalue weighted by Crippen LogP contribution is -2.22. The van der Waals surface area contributed by atoms with Crippen LogP contribution < -0.4 is 10.5 Å². The minimum absolute atomic E-state index is 0.196. The fourth-order valence-corrected chi connectivity index (χ4v) is 2.67. The van der Waals surface area contributed by atoms with Crippen LogP contribution in [0.1, 0.15) is 30.2 Å². The molecule has 0 atom stereocenters. The molecule has 0 radical (unpaired) electrons. The van der Waals surface area contributed by atoms with Crippen LogP contribution in [0.15, 0.2) is 12.1 Å². The number of benzene rings is 1. The number of hydrogen-bond acceptors (Lipinski definition) is 5. The third-order valence-corrected chi connectivity index (χ3v) is 3.94. The number of carbonyl (C=O) groups is 1. The largest absolute Gasteiger partial charge is 0.428 e. The number of amides is 1. The summed E-state index contributed by atoms with van der Waals surface area (Å²) in [5.74, 6) is -0.806. The number of halogens is 4. The molecule has 0 spiro atoms. The minimum atomic E-state index is -4.83. The Hall–Kier alpha value is -2.82. The van der Waals surface area contributed by atoms with E-state index in [0.29, 0.717) is 36.2 Å². The van der Waals surface area contributed by atoms with Gasteiger partial charge in [-0.15, -0.1) is 5.10 Å². The van der Waals surface area contributed by atoms with Crippen LogP contribution in [0.5, 0.6) is 11.6 Å². The van der Waals surface area contributed by atoms with E-state index < -0.39 is 39.2 Å². The van der Waals surface area contributed by atoms with E-state index in [1.165, 1.54) is 0 Å². The summed E-state index contributed by atoms with van der Waals surface area (Å²) >= 11 is 5.82. The first-order valence-corrected chi connectivity index (χ1v) is 7.96. The van der Waals surface area contributed by atoms with Crippen molar-refractivity contribution in [3.05, 3.63) is 44.1 Å². The molecule has 0 aliphatic heterocycles. The SMILES string of the molecule is CCCc1c(Oc2c(Cl)cc(C(F)(F)F)cc2[N+](=O)[O-])nn(C(N)=O)c1C. The lowest BCUT2D eigenvalue weighted by atomic mass is 10.1. The summed E-state index contributed by atoms with van der Waals surface area (Å²) in [5, 5.41) is 14.5. The van der Waals surface area contributed by atoms with Crippen LogP contribution >= 0.6 is 11.6 Å². The van der Waals surface area contributed by atoms with Gasteiger partial charge >= 0.3 is 17.9 Å². The highest BCUT2D eigenvalue weighted by molar-refractivity contribution is 6.32. The second kappa shape index (κ2) is 7.43. The Morgan fingerprint density at radius 3 is 2.56 bits per heavy atom. The van der Waals surface area contributed by atoms with Crippen molar-refractivity contribution >= 4 is 23.3 Å². The van der Waals surface area contributed by atoms with E-state index >= 15 is 0 Å². The Kier molecular flexibility index (Phi) is 5.64. The molecule has 8 nitrogen and oxygen atoms in total. The predicted octanol–water partition coefficient (Wildman–Crippen LogP) is 4.44. The van der Waals surface area contributed by atoms with Crippen molar-refractivity contribution < 1.29 is 27.6 Å². The Bertz CT molecular complexity index is 911. The molecule has 0 aliphatic carbocycles. The Morgan fingerprint density at radius 2 is 2.07 bits per heavy atom. The molecule has 0 aliphatic rings. The number of alkyl halides is 3. The smallest absolute Gasteiger partial charge is 0.416 e. The summed E-state index contributed by atoms with van der Waals surface area (Å²) in [7, 11) is 0. The van der Waals surface area contributed by atoms with E-state index in [1.807, 2.05) is 6.92 Å². The van der Waals surface area contributed by atoms with E-state index in [4.69, 9.17) is 22.1 Å². The summed E-state index contributed by atoms with van der Waals surface area (Å²) in [6, 6.07) is -0.0762. The van der Waals surface area contributed by atoms with Crippen molar-refractivity contribution in [3.63, 3.8) is 0 Å². The molecule has 0 saturated heterocycles. The Balaban J connectivity index is 2.62. The zero-order valence-electron chi connectivity index (χ0n) is 14.1. The fraction of sp³-hybridized carbons (Fsp3) is 0.333. The third-order valence-electron chi connectivity index (χ3n) is 3.66. The predicted molar refractivity (Wildman–Crippen MR) is 89.1 cm³/mol. The number of rotatable bonds is 5. The number of primary amides is 1. The number of nitrogens with zero attached hydrogens (tertiary/aromatic N) is 3. The molecule has 1 heterocycles. The zero-order valence-corrected chi connectivity index (χ0v) is 14.9. The van der Waals surface area contributed by atoms with Gasteiger partial charge in [-0.2, -0.15) is 17.9 Å². The van der Waals surface area contributed by atoms with Gasteiger partial charge in [0.1, 0.15) is 0 Å². The second-order valence-corrected chi connectivity index (χ2v) is 5.94. The van der Waals surface area contributed by atoms with Crippen LogP contribution in [0.2, 0.25) is 5.02 Å². The first-order chi connectivity index (χ1) is 12.5. The van der Waals surface area contributed by atoms with Crippen LogP contribution in [0, 0.1) is 17.0 Å². The maximum absolute atomic E-state index is 12.9. The highest BCUT2D eigenvalue weighted by Crippen LogP contribution is 2.43. The number of hydrogen-bond donors (Lipinski definition) is 1. The molecular formula is C15H14ClF3N4O4. The van der Waals surface area contributed by atoms with Gasteiger partial charge in [0.15, 0.2) is 0 Å². The lowest BCUT2D eigenvalue weighted by Gasteiger charge is -2.11. The average molecular weight is 407 g/mol. The van der Waals surface area contributed by atoms with E-state index in [1.54, 1.807) is 6.92 Å². The quantitative estimate of drug-likeness (QED) is 0.582. The van der Waals surface area contributed by atoms with Crippen LogP contribution in [0.3, 0.4) is 0 Å². The Morgan fingerprint density at radius 1 is 1.44 bits per heavy atom. The molecule has 0 saturated carbocycles. The molecule has 27 heavy (non-hydrogen) atoms. The summed E-state index contributed by atoms with van der Waals surface area (Å²) in [6.07, 6.45) is -3.82. The van der Waals surface area contributed by atoms with E-state index in [0.717, 1.165) is 4.68 Å². The normalized spacial score (nSPS) is 11.5. The number of nitrogens with two attached hydrogens (primary N) is 1. The standard InChI is InChI=1S/C15H14ClF3N4O4/c1-3-4-9-7(2)22(14(20)24)21-13(9)27-12-10(16)5-8(15(17,18)19)6-11(12)23(25)26/h5-6H,3-4H2,1-2H3,(H2,20,24). The van der Waals surface area contributed by atoms with E-state index in [-0.39, 0.29) is 5.88 Å². The number of carbonyl (C=O) groups excluding carboxylic acids is 1. The molecule has 2 N–H and O–H groups in total. The number of ether oxygens (including phenoxy) is 1. The third kappa shape index (κ3) is 4.13. The van der Waals surface area contributed by atoms with Crippen molar-refractivity contribution in [1.82, 2.24) is 9.78 Å². The molecule has 2 aromatic rings. The molecule has 0 unspecified atom stereocenters. The fourth-order valence-electron chi connectivity index (χ4n) is 2.42. The van der Waals surface area contributed by atoms with Gasteiger partial charge in [0.25, 0.3) is 0 Å². The molecule has 2 rings (SSSR count). The van der Waals surface area contributed by atoms with Crippen LogP contribution in [0.25, 0.3) is 0 Å². The highest BCUT2D eigenvalue weighted by atomic mass is 35.5. The maximum Gasteiger partial charge on any atom is 0.416 e. The molecule has 0 bridgehead atoms. The first-order valence-electron chi connectivity index (χ1n) is 7.58. The second-order valence-electron chi connectivity index (χ2n) is 5.53. The lowest BCUT2D eigenvalue weighted by molar-refractivity contribution is -0.385. The molecule has 1 amide bonds. The number of nitro benzene ring substituents is 1. The van der Waals surface area contributed by atoms with Crippen molar-refractivity contribution in [2.24, 2.45) is 5.73 Å². The van der Waals surface area contributed by atoms with Gasteiger partial charge in [-0.05, 0) is 19.4 Å². The van der Waals surface area contributed by atoms with Crippen molar-refractivity contribution in [3.8, 4) is 11.6 Å². The van der Waals surface area contributed by atoms with Gasteiger partial charge in [-0.3, -0.25) is 10.1 Å². The summed E-state index contributed by atoms with van der Waals surface area (Å²) < 4.78 is 44.9.